The van der Waals surface area contributed by atoms with Gasteiger partial charge in [0.05, 0.1) is 0 Å². The second kappa shape index (κ2) is 6.43. The first-order valence-corrected chi connectivity index (χ1v) is 8.00. The van der Waals surface area contributed by atoms with Gasteiger partial charge in [0.15, 0.2) is 0 Å². The lowest BCUT2D eigenvalue weighted by Crippen LogP contribution is -2.31. The number of aromatic nitrogens is 1. The molecule has 2 N–H and O–H groups in total. The van der Waals surface area contributed by atoms with Crippen molar-refractivity contribution in [2.24, 2.45) is 0 Å². The van der Waals surface area contributed by atoms with E-state index in [0.29, 0.717) is 5.56 Å². The number of pyridine rings is 1. The Bertz CT molecular complexity index is 782. The summed E-state index contributed by atoms with van der Waals surface area (Å²) in [6, 6.07) is 10.1. The van der Waals surface area contributed by atoms with Crippen molar-refractivity contribution in [2.75, 3.05) is 0 Å². The molecule has 2 aromatic rings. The summed E-state index contributed by atoms with van der Waals surface area (Å²) < 4.78 is 38.0. The highest BCUT2D eigenvalue weighted by Gasteiger charge is 2.32. The van der Waals surface area contributed by atoms with E-state index in [1.807, 2.05) is 17.1 Å². The van der Waals surface area contributed by atoms with Crippen molar-refractivity contribution >= 4 is 0 Å². The molecule has 1 aromatic carbocycles. The van der Waals surface area contributed by atoms with E-state index < -0.39 is 17.4 Å². The summed E-state index contributed by atoms with van der Waals surface area (Å²) in [5.41, 5.74) is 1.08. The van der Waals surface area contributed by atoms with Crippen LogP contribution in [0.5, 0.6) is 0 Å². The van der Waals surface area contributed by atoms with Gasteiger partial charge in [0.25, 0.3) is 5.56 Å². The van der Waals surface area contributed by atoms with Crippen molar-refractivity contribution in [3.8, 4) is 0 Å². The third-order valence-corrected chi connectivity index (χ3v) is 4.53. The Morgan fingerprint density at radius 3 is 2.67 bits per heavy atom. The molecule has 1 heterocycles. The van der Waals surface area contributed by atoms with Gasteiger partial charge in [-0.05, 0) is 49.4 Å². The molecule has 0 fully saturated rings. The highest BCUT2D eigenvalue weighted by atomic mass is 19.4. The largest absolute Gasteiger partial charge is 0.431 e. The summed E-state index contributed by atoms with van der Waals surface area (Å²) >= 11 is 0. The number of hydrogen-bond acceptors (Lipinski definition) is 2. The Morgan fingerprint density at radius 1 is 1.21 bits per heavy atom. The van der Waals surface area contributed by atoms with E-state index in [9.17, 15) is 18.0 Å². The fourth-order valence-electron chi connectivity index (χ4n) is 3.31. The molecule has 0 spiro atoms. The predicted octanol–water partition coefficient (Wildman–Crippen LogP) is 4.12. The van der Waals surface area contributed by atoms with E-state index in [2.05, 4.69) is 17.4 Å². The van der Waals surface area contributed by atoms with Crippen LogP contribution in [0.3, 0.4) is 0 Å². The standard InChI is InChI=1S/C18H19F3N2O/c1-11(13-9-10-16(18(19,20)21)23-17(13)24)22-15-8-4-6-12-5-2-3-7-14(12)15/h2-3,5,7,9-11,15,22H,4,6,8H2,1H3,(H,23,24)/t11-,15-/m1/s1. The molecule has 3 nitrogen and oxygen atoms in total. The molecule has 3 rings (SSSR count). The van der Waals surface area contributed by atoms with Crippen LogP contribution in [0.15, 0.2) is 41.2 Å². The number of alkyl halides is 3. The topological polar surface area (TPSA) is 44.9 Å². The van der Waals surface area contributed by atoms with Crippen LogP contribution in [0.4, 0.5) is 13.2 Å². The van der Waals surface area contributed by atoms with Crippen LogP contribution in [0.25, 0.3) is 0 Å². The van der Waals surface area contributed by atoms with Crippen LogP contribution < -0.4 is 10.9 Å². The van der Waals surface area contributed by atoms with Gasteiger partial charge in [-0.25, -0.2) is 0 Å². The number of halogens is 3. The summed E-state index contributed by atoms with van der Waals surface area (Å²) in [5, 5.41) is 3.39. The van der Waals surface area contributed by atoms with Gasteiger partial charge in [-0.1, -0.05) is 24.3 Å². The minimum atomic E-state index is -4.54. The summed E-state index contributed by atoms with van der Waals surface area (Å²) in [6.07, 6.45) is -1.52. The Hall–Kier alpha value is -2.08. The minimum absolute atomic E-state index is 0.103. The molecule has 0 aliphatic heterocycles. The molecule has 24 heavy (non-hydrogen) atoms. The van der Waals surface area contributed by atoms with E-state index >= 15 is 0 Å². The van der Waals surface area contributed by atoms with Crippen molar-refractivity contribution in [3.05, 3.63) is 69.1 Å². The SMILES string of the molecule is C[C@@H](N[C@@H]1CCCc2ccccc21)c1ccc(C(F)(F)F)[nH]c1=O. The van der Waals surface area contributed by atoms with E-state index in [0.717, 1.165) is 25.3 Å². The quantitative estimate of drug-likeness (QED) is 0.885. The maximum atomic E-state index is 12.7. The first-order chi connectivity index (χ1) is 11.4. The van der Waals surface area contributed by atoms with Gasteiger partial charge in [-0.2, -0.15) is 13.2 Å². The second-order valence-electron chi connectivity index (χ2n) is 6.19. The van der Waals surface area contributed by atoms with Crippen LogP contribution in [0.2, 0.25) is 0 Å². The third-order valence-electron chi connectivity index (χ3n) is 4.53. The fourth-order valence-corrected chi connectivity index (χ4v) is 3.31. The lowest BCUT2D eigenvalue weighted by Gasteiger charge is -2.29. The van der Waals surface area contributed by atoms with Crippen molar-refractivity contribution in [3.63, 3.8) is 0 Å². The van der Waals surface area contributed by atoms with E-state index in [4.69, 9.17) is 0 Å². The number of hydrogen-bond donors (Lipinski definition) is 2. The number of H-pyrrole nitrogens is 1. The molecule has 0 bridgehead atoms. The molecule has 0 radical (unpaired) electrons. The smallest absolute Gasteiger partial charge is 0.318 e. The Labute approximate surface area is 137 Å². The summed E-state index contributed by atoms with van der Waals surface area (Å²) in [7, 11) is 0. The molecule has 0 saturated heterocycles. The molecule has 6 heteroatoms. The molecule has 0 unspecified atom stereocenters. The maximum Gasteiger partial charge on any atom is 0.431 e. The molecule has 1 aromatic heterocycles. The molecule has 128 valence electrons. The summed E-state index contributed by atoms with van der Waals surface area (Å²) in [6.45, 7) is 1.80. The van der Waals surface area contributed by atoms with Gasteiger partial charge in [0.2, 0.25) is 0 Å². The van der Waals surface area contributed by atoms with Crippen LogP contribution in [0, 0.1) is 0 Å². The van der Waals surface area contributed by atoms with Crippen molar-refractivity contribution < 1.29 is 13.2 Å². The summed E-state index contributed by atoms with van der Waals surface area (Å²) in [5.74, 6) is 0. The maximum absolute atomic E-state index is 12.7. The van der Waals surface area contributed by atoms with Crippen LogP contribution >= 0.6 is 0 Å². The van der Waals surface area contributed by atoms with Gasteiger partial charge < -0.3 is 10.3 Å². The zero-order valence-electron chi connectivity index (χ0n) is 13.3. The van der Waals surface area contributed by atoms with Crippen molar-refractivity contribution in [1.29, 1.82) is 0 Å². The zero-order chi connectivity index (χ0) is 17.3. The lowest BCUT2D eigenvalue weighted by atomic mass is 9.87. The number of aryl methyl sites for hydroxylation is 1. The number of benzene rings is 1. The molecule has 1 aliphatic carbocycles. The molecule has 0 saturated carbocycles. The monoisotopic (exact) mass is 336 g/mol. The Kier molecular flexibility index (Phi) is 4.49. The van der Waals surface area contributed by atoms with Crippen LogP contribution in [0.1, 0.15) is 54.2 Å². The minimum Gasteiger partial charge on any atom is -0.318 e. The fraction of sp³-hybridized carbons (Fsp3) is 0.389. The zero-order valence-corrected chi connectivity index (χ0v) is 13.3. The van der Waals surface area contributed by atoms with Gasteiger partial charge in [0.1, 0.15) is 5.69 Å². The molecular weight excluding hydrogens is 317 g/mol. The normalized spacial score (nSPS) is 18.9. The lowest BCUT2D eigenvalue weighted by molar-refractivity contribution is -0.141. The van der Waals surface area contributed by atoms with Crippen molar-refractivity contribution in [1.82, 2.24) is 10.3 Å². The molecule has 0 amide bonds. The highest BCUT2D eigenvalue weighted by molar-refractivity contribution is 5.32. The average molecular weight is 336 g/mol. The second-order valence-corrected chi connectivity index (χ2v) is 6.19. The first kappa shape index (κ1) is 16.8. The van der Waals surface area contributed by atoms with E-state index in [1.165, 1.54) is 17.2 Å². The number of aromatic amines is 1. The third kappa shape index (κ3) is 3.38. The molecule has 1 aliphatic rings. The van der Waals surface area contributed by atoms with Gasteiger partial charge >= 0.3 is 6.18 Å². The predicted molar refractivity (Wildman–Crippen MR) is 85.7 cm³/mol. The van der Waals surface area contributed by atoms with E-state index in [1.54, 1.807) is 6.92 Å². The average Bonchev–Trinajstić information content (AvgIpc) is 2.54. The van der Waals surface area contributed by atoms with Gasteiger partial charge in [-0.3, -0.25) is 4.79 Å². The number of fused-ring (bicyclic) bond motifs is 1. The van der Waals surface area contributed by atoms with E-state index in [-0.39, 0.29) is 12.1 Å². The van der Waals surface area contributed by atoms with Gasteiger partial charge in [0, 0.05) is 17.6 Å². The molecule has 2 atom stereocenters. The summed E-state index contributed by atoms with van der Waals surface area (Å²) in [4.78, 5) is 14.0. The van der Waals surface area contributed by atoms with Gasteiger partial charge in [-0.15, -0.1) is 0 Å². The number of nitrogens with one attached hydrogen (secondary N) is 2. The molecular formula is C18H19F3N2O. The van der Waals surface area contributed by atoms with Crippen LogP contribution in [-0.2, 0) is 12.6 Å². The number of rotatable bonds is 3. The highest BCUT2D eigenvalue weighted by Crippen LogP contribution is 2.31. The van der Waals surface area contributed by atoms with Crippen LogP contribution in [-0.4, -0.2) is 4.98 Å². The Morgan fingerprint density at radius 2 is 1.96 bits per heavy atom. The van der Waals surface area contributed by atoms with Crippen molar-refractivity contribution in [2.45, 2.75) is 44.4 Å². The first-order valence-electron chi connectivity index (χ1n) is 8.00. The Balaban J connectivity index is 1.81.